The van der Waals surface area contributed by atoms with Gasteiger partial charge in [0.15, 0.2) is 0 Å². The summed E-state index contributed by atoms with van der Waals surface area (Å²) in [6.45, 7) is 4.00. The van der Waals surface area contributed by atoms with E-state index in [1.165, 1.54) is 0 Å². The van der Waals surface area contributed by atoms with E-state index in [9.17, 15) is 5.11 Å². The van der Waals surface area contributed by atoms with Crippen LogP contribution in [0.25, 0.3) is 0 Å². The molecule has 1 fully saturated rings. The summed E-state index contributed by atoms with van der Waals surface area (Å²) in [5.74, 6) is 0. The molecule has 2 atom stereocenters. The van der Waals surface area contributed by atoms with Crippen LogP contribution >= 0.6 is 0 Å². The number of rotatable bonds is 4. The van der Waals surface area contributed by atoms with Gasteiger partial charge >= 0.3 is 0 Å². The zero-order chi connectivity index (χ0) is 9.73. The third-order valence-electron chi connectivity index (χ3n) is 2.44. The van der Waals surface area contributed by atoms with Crippen LogP contribution in [0.3, 0.4) is 0 Å². The van der Waals surface area contributed by atoms with Gasteiger partial charge in [-0.1, -0.05) is 0 Å². The Bertz CT molecular complexity index is 146. The van der Waals surface area contributed by atoms with Crippen molar-refractivity contribution in [2.24, 2.45) is 5.73 Å². The molecule has 13 heavy (non-hydrogen) atoms. The molecule has 0 aromatic carbocycles. The Kier molecular flexibility index (Phi) is 4.12. The number of aliphatic hydroxyl groups is 1. The van der Waals surface area contributed by atoms with Gasteiger partial charge in [0.25, 0.3) is 0 Å². The van der Waals surface area contributed by atoms with Crippen molar-refractivity contribution in [3.8, 4) is 0 Å². The van der Waals surface area contributed by atoms with Crippen LogP contribution in [0.2, 0.25) is 0 Å². The van der Waals surface area contributed by atoms with Crippen molar-refractivity contribution in [2.75, 3.05) is 26.4 Å². The van der Waals surface area contributed by atoms with Gasteiger partial charge < -0.3 is 20.3 Å². The van der Waals surface area contributed by atoms with Gasteiger partial charge in [-0.05, 0) is 19.8 Å². The van der Waals surface area contributed by atoms with Crippen LogP contribution in [0.15, 0.2) is 0 Å². The second-order valence-corrected chi connectivity index (χ2v) is 3.53. The van der Waals surface area contributed by atoms with Crippen LogP contribution in [-0.2, 0) is 9.47 Å². The fourth-order valence-electron chi connectivity index (χ4n) is 1.49. The molecule has 0 aliphatic carbocycles. The van der Waals surface area contributed by atoms with Crippen LogP contribution in [0.4, 0.5) is 0 Å². The zero-order valence-corrected chi connectivity index (χ0v) is 8.16. The first-order valence-corrected chi connectivity index (χ1v) is 4.82. The van der Waals surface area contributed by atoms with Crippen LogP contribution in [-0.4, -0.2) is 43.2 Å². The van der Waals surface area contributed by atoms with Gasteiger partial charge in [-0.15, -0.1) is 0 Å². The lowest BCUT2D eigenvalue weighted by Crippen LogP contribution is -2.55. The lowest BCUT2D eigenvalue weighted by molar-refractivity contribution is -0.110. The predicted octanol–water partition coefficient (Wildman–Crippen LogP) is -0.108. The largest absolute Gasteiger partial charge is 0.386 e. The molecule has 4 heteroatoms. The Morgan fingerprint density at radius 2 is 2.46 bits per heavy atom. The van der Waals surface area contributed by atoms with E-state index in [0.29, 0.717) is 26.2 Å². The van der Waals surface area contributed by atoms with E-state index < -0.39 is 5.60 Å². The van der Waals surface area contributed by atoms with Gasteiger partial charge in [0, 0.05) is 13.2 Å². The van der Waals surface area contributed by atoms with Crippen molar-refractivity contribution in [2.45, 2.75) is 31.4 Å². The third-order valence-corrected chi connectivity index (χ3v) is 2.44. The second-order valence-electron chi connectivity index (χ2n) is 3.53. The fourth-order valence-corrected chi connectivity index (χ4v) is 1.49. The normalized spacial score (nSPS) is 31.6. The van der Waals surface area contributed by atoms with Crippen molar-refractivity contribution >= 4 is 0 Å². The van der Waals surface area contributed by atoms with Gasteiger partial charge in [-0.2, -0.15) is 0 Å². The molecule has 78 valence electrons. The van der Waals surface area contributed by atoms with Gasteiger partial charge in [-0.25, -0.2) is 0 Å². The fraction of sp³-hybridized carbons (Fsp3) is 1.00. The van der Waals surface area contributed by atoms with E-state index in [0.717, 1.165) is 13.0 Å². The molecule has 0 spiro atoms. The maximum absolute atomic E-state index is 10.0. The predicted molar refractivity (Wildman–Crippen MR) is 49.5 cm³/mol. The van der Waals surface area contributed by atoms with E-state index in [1.807, 2.05) is 6.92 Å². The summed E-state index contributed by atoms with van der Waals surface area (Å²) < 4.78 is 10.4. The minimum atomic E-state index is -0.882. The Morgan fingerprint density at radius 1 is 1.69 bits per heavy atom. The van der Waals surface area contributed by atoms with Crippen molar-refractivity contribution in [3.63, 3.8) is 0 Å². The first kappa shape index (κ1) is 10.9. The summed E-state index contributed by atoms with van der Waals surface area (Å²) in [4.78, 5) is 0. The van der Waals surface area contributed by atoms with E-state index in [1.54, 1.807) is 0 Å². The monoisotopic (exact) mass is 189 g/mol. The molecule has 1 heterocycles. The first-order chi connectivity index (χ1) is 6.19. The molecule has 0 aromatic heterocycles. The number of nitrogens with two attached hydrogens (primary N) is 1. The van der Waals surface area contributed by atoms with Crippen LogP contribution in [0.1, 0.15) is 19.8 Å². The molecule has 3 N–H and O–H groups in total. The van der Waals surface area contributed by atoms with E-state index in [2.05, 4.69) is 0 Å². The van der Waals surface area contributed by atoms with Gasteiger partial charge in [0.1, 0.15) is 5.60 Å². The molecular weight excluding hydrogens is 170 g/mol. The molecule has 2 unspecified atom stereocenters. The summed E-state index contributed by atoms with van der Waals surface area (Å²) in [6.07, 6.45) is 1.58. The highest BCUT2D eigenvalue weighted by atomic mass is 16.5. The average Bonchev–Trinajstić information content (AvgIpc) is 2.15. The summed E-state index contributed by atoms with van der Waals surface area (Å²) in [5.41, 5.74) is 4.93. The topological polar surface area (TPSA) is 64.7 Å². The Labute approximate surface area is 79.0 Å². The maximum Gasteiger partial charge on any atom is 0.105 e. The third kappa shape index (κ3) is 2.91. The van der Waals surface area contributed by atoms with Gasteiger partial charge in [0.2, 0.25) is 0 Å². The lowest BCUT2D eigenvalue weighted by Gasteiger charge is -2.36. The standard InChI is InChI=1S/C9H19NO3/c1-2-12-6-8(10)9(11)4-3-5-13-7-9/h8,11H,2-7,10H2,1H3. The highest BCUT2D eigenvalue weighted by Gasteiger charge is 2.36. The van der Waals surface area contributed by atoms with E-state index >= 15 is 0 Å². The van der Waals surface area contributed by atoms with Crippen LogP contribution in [0, 0.1) is 0 Å². The molecule has 1 rings (SSSR count). The SMILES string of the molecule is CCOCC(N)C1(O)CCCOC1. The van der Waals surface area contributed by atoms with Gasteiger partial charge in [0.05, 0.1) is 19.3 Å². The molecule has 0 radical (unpaired) electrons. The number of hydrogen-bond acceptors (Lipinski definition) is 4. The molecule has 4 nitrogen and oxygen atoms in total. The maximum atomic E-state index is 10.0. The van der Waals surface area contributed by atoms with Gasteiger partial charge in [-0.3, -0.25) is 0 Å². The van der Waals surface area contributed by atoms with Crippen molar-refractivity contribution in [1.82, 2.24) is 0 Å². The Balaban J connectivity index is 2.37. The molecule has 1 saturated heterocycles. The quantitative estimate of drug-likeness (QED) is 0.647. The van der Waals surface area contributed by atoms with E-state index in [-0.39, 0.29) is 6.04 Å². The highest BCUT2D eigenvalue weighted by molar-refractivity contribution is 4.91. The molecule has 0 aromatic rings. The number of hydrogen-bond donors (Lipinski definition) is 2. The van der Waals surface area contributed by atoms with Crippen LogP contribution < -0.4 is 5.73 Å². The molecule has 0 saturated carbocycles. The molecule has 0 amide bonds. The molecular formula is C9H19NO3. The minimum Gasteiger partial charge on any atom is -0.386 e. The summed E-state index contributed by atoms with van der Waals surface area (Å²) in [7, 11) is 0. The molecule has 1 aliphatic rings. The Hall–Kier alpha value is -0.160. The van der Waals surface area contributed by atoms with Crippen molar-refractivity contribution in [1.29, 1.82) is 0 Å². The minimum absolute atomic E-state index is 0.335. The van der Waals surface area contributed by atoms with Crippen molar-refractivity contribution in [3.05, 3.63) is 0 Å². The van der Waals surface area contributed by atoms with E-state index in [4.69, 9.17) is 15.2 Å². The molecule has 0 bridgehead atoms. The zero-order valence-electron chi connectivity index (χ0n) is 8.16. The molecule has 1 aliphatic heterocycles. The lowest BCUT2D eigenvalue weighted by atomic mass is 9.89. The summed E-state index contributed by atoms with van der Waals surface area (Å²) in [6, 6.07) is -0.340. The number of ether oxygens (including phenoxy) is 2. The second kappa shape index (κ2) is 4.91. The Morgan fingerprint density at radius 3 is 3.00 bits per heavy atom. The van der Waals surface area contributed by atoms with Crippen LogP contribution in [0.5, 0.6) is 0 Å². The summed E-state index contributed by atoms with van der Waals surface area (Å²) in [5, 5.41) is 10.0. The van der Waals surface area contributed by atoms with Crippen molar-refractivity contribution < 1.29 is 14.6 Å². The highest BCUT2D eigenvalue weighted by Crippen LogP contribution is 2.21. The summed E-state index contributed by atoms with van der Waals surface area (Å²) >= 11 is 0. The average molecular weight is 189 g/mol. The smallest absolute Gasteiger partial charge is 0.105 e. The first-order valence-electron chi connectivity index (χ1n) is 4.82.